The third-order valence-corrected chi connectivity index (χ3v) is 3.57. The number of amides is 1. The summed E-state index contributed by atoms with van der Waals surface area (Å²) < 4.78 is 5.60. The van der Waals surface area contributed by atoms with E-state index in [2.05, 4.69) is 10.6 Å². The number of benzene rings is 1. The van der Waals surface area contributed by atoms with Crippen molar-refractivity contribution >= 4 is 11.6 Å². The molecule has 1 fully saturated rings. The minimum absolute atomic E-state index is 0.0426. The molecular weight excluding hydrogens is 240 g/mol. The van der Waals surface area contributed by atoms with Crippen LogP contribution in [0.4, 0.5) is 5.69 Å². The van der Waals surface area contributed by atoms with E-state index in [9.17, 15) is 4.79 Å². The number of carbonyl (C=O) groups is 1. The maximum atomic E-state index is 12.3. The van der Waals surface area contributed by atoms with Crippen LogP contribution in [0, 0.1) is 6.92 Å². The van der Waals surface area contributed by atoms with Crippen molar-refractivity contribution < 1.29 is 9.53 Å². The number of hydrogen-bond donors (Lipinski definition) is 2. The van der Waals surface area contributed by atoms with Crippen molar-refractivity contribution in [3.8, 4) is 0 Å². The Morgan fingerprint density at radius 3 is 2.89 bits per heavy atom. The van der Waals surface area contributed by atoms with E-state index in [1.165, 1.54) is 0 Å². The third kappa shape index (κ3) is 3.26. The van der Waals surface area contributed by atoms with Gasteiger partial charge in [0.05, 0.1) is 17.7 Å². The smallest absolute Gasteiger partial charge is 0.253 e. The second-order valence-corrected chi connectivity index (χ2v) is 5.11. The van der Waals surface area contributed by atoms with E-state index in [0.717, 1.165) is 30.7 Å². The number of hydrogen-bond acceptors (Lipinski definition) is 3. The lowest BCUT2D eigenvalue weighted by atomic mass is 10.1. The highest BCUT2D eigenvalue weighted by Gasteiger charge is 2.24. The number of anilines is 1. The largest absolute Gasteiger partial charge is 0.387 e. The molecule has 0 aromatic heterocycles. The summed E-state index contributed by atoms with van der Waals surface area (Å²) in [4.78, 5) is 12.3. The summed E-state index contributed by atoms with van der Waals surface area (Å²) in [5, 5.41) is 6.10. The number of carbonyl (C=O) groups excluding carboxylic acids is 1. The van der Waals surface area contributed by atoms with Crippen LogP contribution in [0.25, 0.3) is 0 Å². The zero-order valence-corrected chi connectivity index (χ0v) is 11.8. The molecule has 0 saturated carbocycles. The fourth-order valence-electron chi connectivity index (χ4n) is 2.44. The fraction of sp³-hybridized carbons (Fsp3) is 0.533. The van der Waals surface area contributed by atoms with Crippen molar-refractivity contribution in [1.29, 1.82) is 0 Å². The van der Waals surface area contributed by atoms with Gasteiger partial charge in [-0.2, -0.15) is 0 Å². The predicted octanol–water partition coefficient (Wildman–Crippen LogP) is 2.33. The zero-order valence-electron chi connectivity index (χ0n) is 11.8. The molecule has 2 N–H and O–H groups in total. The number of ether oxygens (including phenoxy) is 1. The SMILES string of the molecule is CNc1cc(C)ccc1C(=O)NC(C)C1CCCO1. The standard InChI is InChI=1S/C15H22N2O2/c1-10-6-7-12(13(9-10)16-3)15(18)17-11(2)14-5-4-8-19-14/h6-7,9,11,14,16H,4-5,8H2,1-3H3,(H,17,18). The summed E-state index contributed by atoms with van der Waals surface area (Å²) in [6.07, 6.45) is 2.25. The van der Waals surface area contributed by atoms with Gasteiger partial charge in [-0.15, -0.1) is 0 Å². The topological polar surface area (TPSA) is 50.4 Å². The van der Waals surface area contributed by atoms with Crippen molar-refractivity contribution in [2.75, 3.05) is 19.0 Å². The van der Waals surface area contributed by atoms with E-state index in [0.29, 0.717) is 5.56 Å². The molecule has 1 heterocycles. The van der Waals surface area contributed by atoms with Crippen molar-refractivity contribution in [2.45, 2.75) is 38.8 Å². The van der Waals surface area contributed by atoms with Gasteiger partial charge in [-0.3, -0.25) is 4.79 Å². The average Bonchev–Trinajstić information content (AvgIpc) is 2.92. The van der Waals surface area contributed by atoms with Gasteiger partial charge in [-0.1, -0.05) is 6.07 Å². The lowest BCUT2D eigenvalue weighted by Gasteiger charge is -2.20. The van der Waals surface area contributed by atoms with Crippen molar-refractivity contribution in [3.63, 3.8) is 0 Å². The molecule has 4 nitrogen and oxygen atoms in total. The van der Waals surface area contributed by atoms with E-state index >= 15 is 0 Å². The molecule has 1 aromatic rings. The Morgan fingerprint density at radius 2 is 2.26 bits per heavy atom. The van der Waals surface area contributed by atoms with E-state index < -0.39 is 0 Å². The summed E-state index contributed by atoms with van der Waals surface area (Å²) in [6, 6.07) is 5.83. The Hall–Kier alpha value is -1.55. The normalized spacial score (nSPS) is 20.1. The van der Waals surface area contributed by atoms with Gasteiger partial charge in [0.15, 0.2) is 0 Å². The Morgan fingerprint density at radius 1 is 1.47 bits per heavy atom. The maximum Gasteiger partial charge on any atom is 0.253 e. The summed E-state index contributed by atoms with van der Waals surface area (Å²) in [5.41, 5.74) is 2.67. The van der Waals surface area contributed by atoms with Gasteiger partial charge in [-0.25, -0.2) is 0 Å². The minimum atomic E-state index is -0.0488. The Balaban J connectivity index is 2.06. The first-order valence-electron chi connectivity index (χ1n) is 6.82. The lowest BCUT2D eigenvalue weighted by molar-refractivity contribution is 0.0713. The molecule has 0 aliphatic carbocycles. The van der Waals surface area contributed by atoms with Gasteiger partial charge in [-0.05, 0) is 44.4 Å². The fourth-order valence-corrected chi connectivity index (χ4v) is 2.44. The molecular formula is C15H22N2O2. The molecule has 0 bridgehead atoms. The first kappa shape index (κ1) is 13.9. The summed E-state index contributed by atoms with van der Waals surface area (Å²) in [6.45, 7) is 4.82. The lowest BCUT2D eigenvalue weighted by Crippen LogP contribution is -2.41. The van der Waals surface area contributed by atoms with Crippen LogP contribution in [0.3, 0.4) is 0 Å². The van der Waals surface area contributed by atoms with Crippen molar-refractivity contribution in [1.82, 2.24) is 5.32 Å². The van der Waals surface area contributed by atoms with E-state index in [4.69, 9.17) is 4.74 Å². The van der Waals surface area contributed by atoms with Gasteiger partial charge < -0.3 is 15.4 Å². The van der Waals surface area contributed by atoms with Gasteiger partial charge in [0.2, 0.25) is 0 Å². The predicted molar refractivity (Wildman–Crippen MR) is 76.6 cm³/mol. The van der Waals surface area contributed by atoms with Gasteiger partial charge >= 0.3 is 0 Å². The van der Waals surface area contributed by atoms with Gasteiger partial charge in [0.25, 0.3) is 5.91 Å². The van der Waals surface area contributed by atoms with Crippen LogP contribution in [0.1, 0.15) is 35.7 Å². The second-order valence-electron chi connectivity index (χ2n) is 5.11. The van der Waals surface area contributed by atoms with Crippen LogP contribution in [-0.4, -0.2) is 31.7 Å². The number of nitrogens with one attached hydrogen (secondary N) is 2. The van der Waals surface area contributed by atoms with Crippen LogP contribution in [0.15, 0.2) is 18.2 Å². The first-order chi connectivity index (χ1) is 9.11. The van der Waals surface area contributed by atoms with Crippen LogP contribution < -0.4 is 10.6 Å². The third-order valence-electron chi connectivity index (χ3n) is 3.57. The highest BCUT2D eigenvalue weighted by Crippen LogP contribution is 2.19. The molecule has 0 spiro atoms. The number of rotatable bonds is 4. The zero-order chi connectivity index (χ0) is 13.8. The molecule has 1 amide bonds. The molecule has 19 heavy (non-hydrogen) atoms. The molecule has 1 aromatic carbocycles. The molecule has 0 radical (unpaired) electrons. The first-order valence-corrected chi connectivity index (χ1v) is 6.82. The quantitative estimate of drug-likeness (QED) is 0.875. The van der Waals surface area contributed by atoms with Crippen molar-refractivity contribution in [3.05, 3.63) is 29.3 Å². The molecule has 1 aliphatic rings. The van der Waals surface area contributed by atoms with Crippen LogP contribution in [-0.2, 0) is 4.74 Å². The highest BCUT2D eigenvalue weighted by molar-refractivity contribution is 5.99. The molecule has 4 heteroatoms. The van der Waals surface area contributed by atoms with E-state index in [1.54, 1.807) is 0 Å². The Kier molecular flexibility index (Phi) is 4.43. The van der Waals surface area contributed by atoms with Crippen LogP contribution in [0.2, 0.25) is 0 Å². The molecule has 2 unspecified atom stereocenters. The van der Waals surface area contributed by atoms with E-state index in [1.807, 2.05) is 39.1 Å². The van der Waals surface area contributed by atoms with Crippen LogP contribution >= 0.6 is 0 Å². The monoisotopic (exact) mass is 262 g/mol. The summed E-state index contributed by atoms with van der Waals surface area (Å²) >= 11 is 0. The molecule has 2 rings (SSSR count). The molecule has 104 valence electrons. The summed E-state index contributed by atoms with van der Waals surface area (Å²) in [5.74, 6) is -0.0488. The van der Waals surface area contributed by atoms with Gasteiger partial charge in [0, 0.05) is 19.3 Å². The van der Waals surface area contributed by atoms with Gasteiger partial charge in [0.1, 0.15) is 0 Å². The average molecular weight is 262 g/mol. The molecule has 1 aliphatic heterocycles. The highest BCUT2D eigenvalue weighted by atomic mass is 16.5. The minimum Gasteiger partial charge on any atom is -0.387 e. The Labute approximate surface area is 114 Å². The molecule has 2 atom stereocenters. The van der Waals surface area contributed by atoms with Crippen LogP contribution in [0.5, 0.6) is 0 Å². The number of aryl methyl sites for hydroxylation is 1. The van der Waals surface area contributed by atoms with E-state index in [-0.39, 0.29) is 18.1 Å². The van der Waals surface area contributed by atoms with Crippen molar-refractivity contribution in [2.24, 2.45) is 0 Å². The second kappa shape index (κ2) is 6.06. The molecule has 1 saturated heterocycles. The Bertz CT molecular complexity index is 453. The summed E-state index contributed by atoms with van der Waals surface area (Å²) in [7, 11) is 1.83. The maximum absolute atomic E-state index is 12.3.